The maximum absolute atomic E-state index is 3.59. The van der Waals surface area contributed by atoms with E-state index in [4.69, 9.17) is 0 Å². The first-order valence-electron chi connectivity index (χ1n) is 5.72. The molecule has 0 fully saturated rings. The van der Waals surface area contributed by atoms with Gasteiger partial charge in [0.25, 0.3) is 0 Å². The van der Waals surface area contributed by atoms with Gasteiger partial charge in [-0.25, -0.2) is 0 Å². The molecular formula is C13H20BrNS. The van der Waals surface area contributed by atoms with Crippen LogP contribution in [0, 0.1) is 0 Å². The van der Waals surface area contributed by atoms with Crippen molar-refractivity contribution >= 4 is 27.7 Å². The van der Waals surface area contributed by atoms with Crippen molar-refractivity contribution in [1.82, 2.24) is 5.32 Å². The van der Waals surface area contributed by atoms with Gasteiger partial charge in [0, 0.05) is 10.5 Å². The minimum absolute atomic E-state index is 0.421. The molecule has 90 valence electrons. The summed E-state index contributed by atoms with van der Waals surface area (Å²) in [5.74, 6) is 1.27. The molecule has 1 unspecified atom stereocenters. The molecule has 0 aromatic heterocycles. The van der Waals surface area contributed by atoms with Crippen molar-refractivity contribution in [1.29, 1.82) is 0 Å². The molecule has 0 aliphatic rings. The molecule has 1 rings (SSSR count). The lowest BCUT2D eigenvalue weighted by molar-refractivity contribution is 0.554. The van der Waals surface area contributed by atoms with Gasteiger partial charge in [-0.05, 0) is 49.9 Å². The van der Waals surface area contributed by atoms with Gasteiger partial charge in [-0.3, -0.25) is 0 Å². The highest BCUT2D eigenvalue weighted by molar-refractivity contribution is 9.10. The fourth-order valence-corrected chi connectivity index (χ4v) is 2.75. The SMILES string of the molecule is CSCCCCNC(C)c1ccccc1Br. The Morgan fingerprint density at radius 2 is 2.06 bits per heavy atom. The van der Waals surface area contributed by atoms with Gasteiger partial charge in [0.1, 0.15) is 0 Å². The van der Waals surface area contributed by atoms with E-state index in [0.717, 1.165) is 6.54 Å². The van der Waals surface area contributed by atoms with Gasteiger partial charge in [0.2, 0.25) is 0 Å². The van der Waals surface area contributed by atoms with Crippen LogP contribution in [0.4, 0.5) is 0 Å². The second-order valence-electron chi connectivity index (χ2n) is 3.90. The van der Waals surface area contributed by atoms with Crippen molar-refractivity contribution in [3.8, 4) is 0 Å². The van der Waals surface area contributed by atoms with Crippen LogP contribution in [-0.2, 0) is 0 Å². The lowest BCUT2D eigenvalue weighted by Gasteiger charge is -2.15. The predicted molar refractivity (Wildman–Crippen MR) is 78.2 cm³/mol. The van der Waals surface area contributed by atoms with Crippen LogP contribution in [0.1, 0.15) is 31.4 Å². The molecule has 3 heteroatoms. The molecule has 1 nitrogen and oxygen atoms in total. The Bertz CT molecular complexity index is 304. The predicted octanol–water partition coefficient (Wildman–Crippen LogP) is 4.24. The van der Waals surface area contributed by atoms with Gasteiger partial charge < -0.3 is 5.32 Å². The molecule has 0 saturated carbocycles. The molecule has 1 aromatic rings. The number of hydrogen-bond donors (Lipinski definition) is 1. The van der Waals surface area contributed by atoms with Crippen LogP contribution in [0.5, 0.6) is 0 Å². The monoisotopic (exact) mass is 301 g/mol. The molecular weight excluding hydrogens is 282 g/mol. The van der Waals surface area contributed by atoms with Gasteiger partial charge in [-0.2, -0.15) is 11.8 Å². The van der Waals surface area contributed by atoms with Crippen LogP contribution in [-0.4, -0.2) is 18.6 Å². The quantitative estimate of drug-likeness (QED) is 0.756. The topological polar surface area (TPSA) is 12.0 Å². The Balaban J connectivity index is 2.30. The first-order valence-corrected chi connectivity index (χ1v) is 7.91. The minimum Gasteiger partial charge on any atom is -0.310 e. The normalized spacial score (nSPS) is 12.7. The van der Waals surface area contributed by atoms with E-state index in [1.54, 1.807) is 0 Å². The van der Waals surface area contributed by atoms with Gasteiger partial charge in [-0.15, -0.1) is 0 Å². The standard InChI is InChI=1S/C13H20BrNS/c1-11(15-9-5-6-10-16-2)12-7-3-4-8-13(12)14/h3-4,7-8,11,15H,5-6,9-10H2,1-2H3. The van der Waals surface area contributed by atoms with E-state index in [1.165, 1.54) is 28.6 Å². The third-order valence-electron chi connectivity index (χ3n) is 2.60. The molecule has 0 aliphatic carbocycles. The number of nitrogens with one attached hydrogen (secondary N) is 1. The van der Waals surface area contributed by atoms with Crippen molar-refractivity contribution in [2.24, 2.45) is 0 Å². The molecule has 0 saturated heterocycles. The average Bonchev–Trinajstić information content (AvgIpc) is 2.29. The fourth-order valence-electron chi connectivity index (χ4n) is 1.63. The Labute approximate surface area is 112 Å². The summed E-state index contributed by atoms with van der Waals surface area (Å²) in [6.45, 7) is 3.32. The van der Waals surface area contributed by atoms with Gasteiger partial charge in [-0.1, -0.05) is 34.1 Å². The molecule has 16 heavy (non-hydrogen) atoms. The Morgan fingerprint density at radius 3 is 2.75 bits per heavy atom. The van der Waals surface area contributed by atoms with Crippen LogP contribution in [0.2, 0.25) is 0 Å². The zero-order valence-corrected chi connectivity index (χ0v) is 12.4. The zero-order chi connectivity index (χ0) is 11.8. The van der Waals surface area contributed by atoms with E-state index in [-0.39, 0.29) is 0 Å². The van der Waals surface area contributed by atoms with E-state index < -0.39 is 0 Å². The molecule has 0 aliphatic heterocycles. The smallest absolute Gasteiger partial charge is 0.0302 e. The van der Waals surface area contributed by atoms with Crippen LogP contribution in [0.3, 0.4) is 0 Å². The van der Waals surface area contributed by atoms with E-state index in [0.29, 0.717) is 6.04 Å². The van der Waals surface area contributed by atoms with Crippen molar-refractivity contribution in [3.05, 3.63) is 34.3 Å². The zero-order valence-electron chi connectivity index (χ0n) is 10.0. The highest BCUT2D eigenvalue weighted by atomic mass is 79.9. The van der Waals surface area contributed by atoms with Crippen LogP contribution in [0.25, 0.3) is 0 Å². The molecule has 0 amide bonds. The lowest BCUT2D eigenvalue weighted by Crippen LogP contribution is -2.20. The second-order valence-corrected chi connectivity index (χ2v) is 5.74. The van der Waals surface area contributed by atoms with Crippen LogP contribution < -0.4 is 5.32 Å². The van der Waals surface area contributed by atoms with E-state index in [9.17, 15) is 0 Å². The summed E-state index contributed by atoms with van der Waals surface area (Å²) >= 11 is 5.51. The maximum atomic E-state index is 3.59. The first-order chi connectivity index (χ1) is 7.75. The maximum Gasteiger partial charge on any atom is 0.0302 e. The number of rotatable bonds is 7. The Hall–Kier alpha value is 0.01000. The van der Waals surface area contributed by atoms with Crippen LogP contribution >= 0.6 is 27.7 Å². The Morgan fingerprint density at radius 1 is 1.31 bits per heavy atom. The lowest BCUT2D eigenvalue weighted by atomic mass is 10.1. The highest BCUT2D eigenvalue weighted by Crippen LogP contribution is 2.22. The molecule has 0 radical (unpaired) electrons. The summed E-state index contributed by atoms with van der Waals surface area (Å²) in [5.41, 5.74) is 1.34. The minimum atomic E-state index is 0.421. The molecule has 0 heterocycles. The summed E-state index contributed by atoms with van der Waals surface area (Å²) in [7, 11) is 0. The van der Waals surface area contributed by atoms with Gasteiger partial charge in [0.05, 0.1) is 0 Å². The Kier molecular flexibility index (Phi) is 7.17. The molecule has 1 aromatic carbocycles. The van der Waals surface area contributed by atoms with E-state index in [2.05, 4.69) is 58.7 Å². The summed E-state index contributed by atoms with van der Waals surface area (Å²) in [6, 6.07) is 8.83. The summed E-state index contributed by atoms with van der Waals surface area (Å²) in [4.78, 5) is 0. The van der Waals surface area contributed by atoms with Gasteiger partial charge >= 0.3 is 0 Å². The van der Waals surface area contributed by atoms with Crippen molar-refractivity contribution in [2.45, 2.75) is 25.8 Å². The number of thioether (sulfide) groups is 1. The van der Waals surface area contributed by atoms with Gasteiger partial charge in [0.15, 0.2) is 0 Å². The first kappa shape index (κ1) is 14.1. The second kappa shape index (κ2) is 8.15. The summed E-state index contributed by atoms with van der Waals surface area (Å²) < 4.78 is 1.19. The number of benzene rings is 1. The molecule has 0 spiro atoms. The van der Waals surface area contributed by atoms with E-state index in [1.807, 2.05) is 11.8 Å². The number of halogens is 1. The number of unbranched alkanes of at least 4 members (excludes halogenated alkanes) is 1. The van der Waals surface area contributed by atoms with Crippen molar-refractivity contribution < 1.29 is 0 Å². The average molecular weight is 302 g/mol. The molecule has 0 bridgehead atoms. The van der Waals surface area contributed by atoms with Crippen LogP contribution in [0.15, 0.2) is 28.7 Å². The summed E-state index contributed by atoms with van der Waals surface area (Å²) in [5, 5.41) is 3.56. The third kappa shape index (κ3) is 4.89. The van der Waals surface area contributed by atoms with E-state index >= 15 is 0 Å². The molecule has 1 atom stereocenters. The molecule has 1 N–H and O–H groups in total. The highest BCUT2D eigenvalue weighted by Gasteiger charge is 2.06. The summed E-state index contributed by atoms with van der Waals surface area (Å²) in [6.07, 6.45) is 4.73. The number of hydrogen-bond acceptors (Lipinski definition) is 2. The third-order valence-corrected chi connectivity index (χ3v) is 4.02. The largest absolute Gasteiger partial charge is 0.310 e. The van der Waals surface area contributed by atoms with Crippen molar-refractivity contribution in [2.75, 3.05) is 18.6 Å². The fraction of sp³-hybridized carbons (Fsp3) is 0.538. The van der Waals surface area contributed by atoms with Crippen molar-refractivity contribution in [3.63, 3.8) is 0 Å².